The van der Waals surface area contributed by atoms with Gasteiger partial charge in [-0.3, -0.25) is 4.98 Å². The smallest absolute Gasteiger partial charge is 0.227 e. The third-order valence-corrected chi connectivity index (χ3v) is 6.82. The highest BCUT2D eigenvalue weighted by atomic mass is 35.5. The van der Waals surface area contributed by atoms with Gasteiger partial charge in [0.25, 0.3) is 0 Å². The molecule has 1 aromatic carbocycles. The van der Waals surface area contributed by atoms with Crippen LogP contribution in [0.4, 0.5) is 17.5 Å². The van der Waals surface area contributed by atoms with E-state index in [0.29, 0.717) is 11.6 Å². The first-order valence-corrected chi connectivity index (χ1v) is 12.9. The molecule has 1 aliphatic rings. The highest BCUT2D eigenvalue weighted by molar-refractivity contribution is 6.31. The quantitative estimate of drug-likeness (QED) is 0.346. The van der Waals surface area contributed by atoms with Gasteiger partial charge < -0.3 is 24.4 Å². The second kappa shape index (κ2) is 11.1. The lowest BCUT2D eigenvalue weighted by Gasteiger charge is -2.34. The lowest BCUT2D eigenvalue weighted by molar-refractivity contribution is 0.270. The first-order chi connectivity index (χ1) is 17.6. The van der Waals surface area contributed by atoms with E-state index in [2.05, 4.69) is 38.0 Å². The summed E-state index contributed by atoms with van der Waals surface area (Å²) >= 11 is 6.15. The van der Waals surface area contributed by atoms with Crippen molar-refractivity contribution in [3.63, 3.8) is 0 Å². The highest BCUT2D eigenvalue weighted by Crippen LogP contribution is 2.25. The number of pyridine rings is 1. The summed E-state index contributed by atoms with van der Waals surface area (Å²) in [6.45, 7) is 11.4. The predicted molar refractivity (Wildman–Crippen MR) is 146 cm³/mol. The topological polar surface area (TPSA) is 73.6 Å². The minimum absolute atomic E-state index is 0.626. The lowest BCUT2D eigenvalue weighted by atomic mass is 10.2. The summed E-state index contributed by atoms with van der Waals surface area (Å²) in [4.78, 5) is 21.2. The summed E-state index contributed by atoms with van der Waals surface area (Å²) in [6, 6.07) is 13.8. The Bertz CT molecular complexity index is 1290. The standard InChI is InChI=1S/C27H32ClN7O/c1-3-33-12-14-34(15-13-33)27-31-20(2)17-26(32-27)35(19-22-5-4-16-36-22)11-10-30-24-8-9-29-25-18-21(28)6-7-23(24)25/h4-9,16-18H,3,10-15,19H2,1-2H3,(H,29,30). The van der Waals surface area contributed by atoms with Gasteiger partial charge in [-0.15, -0.1) is 0 Å². The van der Waals surface area contributed by atoms with Gasteiger partial charge in [0.2, 0.25) is 5.95 Å². The molecule has 3 aromatic heterocycles. The van der Waals surface area contributed by atoms with Crippen LogP contribution < -0.4 is 15.1 Å². The number of anilines is 3. The second-order valence-corrected chi connectivity index (χ2v) is 9.47. The zero-order valence-corrected chi connectivity index (χ0v) is 21.6. The Labute approximate surface area is 216 Å². The van der Waals surface area contributed by atoms with Crippen LogP contribution in [0, 0.1) is 6.92 Å². The molecule has 0 unspecified atom stereocenters. The molecule has 36 heavy (non-hydrogen) atoms. The minimum atomic E-state index is 0.626. The third kappa shape index (κ3) is 5.71. The zero-order chi connectivity index (χ0) is 24.9. The zero-order valence-electron chi connectivity index (χ0n) is 20.8. The summed E-state index contributed by atoms with van der Waals surface area (Å²) in [7, 11) is 0. The molecule has 4 heterocycles. The number of aromatic nitrogens is 3. The van der Waals surface area contributed by atoms with E-state index in [4.69, 9.17) is 26.0 Å². The lowest BCUT2D eigenvalue weighted by Crippen LogP contribution is -2.47. The molecule has 9 heteroatoms. The summed E-state index contributed by atoms with van der Waals surface area (Å²) in [5.41, 5.74) is 2.87. The van der Waals surface area contributed by atoms with Crippen molar-refractivity contribution in [1.82, 2.24) is 19.9 Å². The Hall–Kier alpha value is -3.36. The molecular formula is C27H32ClN7O. The molecule has 1 fully saturated rings. The highest BCUT2D eigenvalue weighted by Gasteiger charge is 2.20. The fourth-order valence-electron chi connectivity index (χ4n) is 4.57. The van der Waals surface area contributed by atoms with Gasteiger partial charge in [-0.25, -0.2) is 4.98 Å². The van der Waals surface area contributed by atoms with E-state index in [1.165, 1.54) is 0 Å². The Morgan fingerprint density at radius 3 is 2.72 bits per heavy atom. The predicted octanol–water partition coefficient (Wildman–Crippen LogP) is 4.84. The maximum absolute atomic E-state index is 6.15. The van der Waals surface area contributed by atoms with E-state index in [1.54, 1.807) is 12.5 Å². The number of likely N-dealkylation sites (N-methyl/N-ethyl adjacent to an activating group) is 1. The Kier molecular flexibility index (Phi) is 7.53. The maximum Gasteiger partial charge on any atom is 0.227 e. The monoisotopic (exact) mass is 505 g/mol. The number of nitrogens with zero attached hydrogens (tertiary/aromatic N) is 6. The van der Waals surface area contributed by atoms with Gasteiger partial charge in [0.15, 0.2) is 0 Å². The first kappa shape index (κ1) is 24.3. The number of aryl methyl sites for hydroxylation is 1. The number of hydrogen-bond acceptors (Lipinski definition) is 8. The van der Waals surface area contributed by atoms with E-state index >= 15 is 0 Å². The van der Waals surface area contributed by atoms with Crippen LogP contribution in [0.25, 0.3) is 10.9 Å². The first-order valence-electron chi connectivity index (χ1n) is 12.5. The van der Waals surface area contributed by atoms with Crippen LogP contribution in [0.5, 0.6) is 0 Å². The molecule has 0 saturated carbocycles. The number of rotatable bonds is 9. The van der Waals surface area contributed by atoms with Gasteiger partial charge in [0.05, 0.1) is 18.3 Å². The Balaban J connectivity index is 1.34. The van der Waals surface area contributed by atoms with E-state index in [9.17, 15) is 0 Å². The summed E-state index contributed by atoms with van der Waals surface area (Å²) < 4.78 is 5.68. The minimum Gasteiger partial charge on any atom is -0.467 e. The van der Waals surface area contributed by atoms with E-state index in [0.717, 1.165) is 85.6 Å². The van der Waals surface area contributed by atoms with Crippen molar-refractivity contribution in [2.24, 2.45) is 0 Å². The van der Waals surface area contributed by atoms with Crippen LogP contribution in [0.15, 0.2) is 59.3 Å². The number of benzene rings is 1. The molecule has 8 nitrogen and oxygen atoms in total. The molecule has 0 amide bonds. The van der Waals surface area contributed by atoms with Crippen LogP contribution in [0.3, 0.4) is 0 Å². The SMILES string of the molecule is CCN1CCN(c2nc(C)cc(N(CCNc3ccnc4cc(Cl)ccc34)Cc3ccco3)n2)CC1. The van der Waals surface area contributed by atoms with E-state index in [1.807, 2.05) is 43.3 Å². The van der Waals surface area contributed by atoms with E-state index in [-0.39, 0.29) is 0 Å². The van der Waals surface area contributed by atoms with Crippen LogP contribution in [-0.2, 0) is 6.54 Å². The molecule has 0 atom stereocenters. The van der Waals surface area contributed by atoms with Gasteiger partial charge in [0.1, 0.15) is 11.6 Å². The number of hydrogen-bond donors (Lipinski definition) is 1. The Morgan fingerprint density at radius 1 is 1.08 bits per heavy atom. The molecule has 0 bridgehead atoms. The maximum atomic E-state index is 6.15. The van der Waals surface area contributed by atoms with Gasteiger partial charge in [-0.05, 0) is 49.9 Å². The molecule has 4 aromatic rings. The van der Waals surface area contributed by atoms with Gasteiger partial charge >= 0.3 is 0 Å². The Morgan fingerprint density at radius 2 is 1.94 bits per heavy atom. The average molecular weight is 506 g/mol. The second-order valence-electron chi connectivity index (χ2n) is 9.04. The number of fused-ring (bicyclic) bond motifs is 1. The van der Waals surface area contributed by atoms with Crippen molar-refractivity contribution in [2.75, 3.05) is 60.9 Å². The molecule has 0 radical (unpaired) electrons. The molecule has 5 rings (SSSR count). The molecule has 0 aliphatic carbocycles. The normalized spacial score (nSPS) is 14.4. The van der Waals surface area contributed by atoms with Crippen molar-refractivity contribution in [2.45, 2.75) is 20.4 Å². The fourth-order valence-corrected chi connectivity index (χ4v) is 4.74. The van der Waals surface area contributed by atoms with Crippen molar-refractivity contribution in [3.8, 4) is 0 Å². The summed E-state index contributed by atoms with van der Waals surface area (Å²) in [5, 5.41) is 5.31. The molecule has 0 spiro atoms. The number of furan rings is 1. The van der Waals surface area contributed by atoms with E-state index < -0.39 is 0 Å². The number of piperazine rings is 1. The summed E-state index contributed by atoms with van der Waals surface area (Å²) in [6.07, 6.45) is 3.52. The molecular weight excluding hydrogens is 474 g/mol. The van der Waals surface area contributed by atoms with Crippen molar-refractivity contribution >= 4 is 40.0 Å². The summed E-state index contributed by atoms with van der Waals surface area (Å²) in [5.74, 6) is 2.60. The van der Waals surface area contributed by atoms with Crippen LogP contribution in [0.2, 0.25) is 5.02 Å². The van der Waals surface area contributed by atoms with Crippen LogP contribution in [0.1, 0.15) is 18.4 Å². The largest absolute Gasteiger partial charge is 0.467 e. The van der Waals surface area contributed by atoms with Crippen molar-refractivity contribution in [3.05, 3.63) is 71.4 Å². The fraction of sp³-hybridized carbons (Fsp3) is 0.370. The third-order valence-electron chi connectivity index (χ3n) is 6.58. The molecule has 1 saturated heterocycles. The molecule has 1 aliphatic heterocycles. The molecule has 188 valence electrons. The van der Waals surface area contributed by atoms with Crippen LogP contribution in [-0.4, -0.2) is 65.7 Å². The average Bonchev–Trinajstić information content (AvgIpc) is 3.41. The number of nitrogens with one attached hydrogen (secondary N) is 1. The van der Waals surface area contributed by atoms with Gasteiger partial charge in [-0.2, -0.15) is 4.98 Å². The van der Waals surface area contributed by atoms with Crippen molar-refractivity contribution in [1.29, 1.82) is 0 Å². The van der Waals surface area contributed by atoms with Gasteiger partial charge in [-0.1, -0.05) is 18.5 Å². The number of halogens is 1. The van der Waals surface area contributed by atoms with Crippen LogP contribution >= 0.6 is 11.6 Å². The van der Waals surface area contributed by atoms with Gasteiger partial charge in [0, 0.05) is 73.3 Å². The molecule has 1 N–H and O–H groups in total. The van der Waals surface area contributed by atoms with Crippen molar-refractivity contribution < 1.29 is 4.42 Å².